The summed E-state index contributed by atoms with van der Waals surface area (Å²) in [6, 6.07) is 7.82. The molecule has 0 radical (unpaired) electrons. The second kappa shape index (κ2) is 9.29. The first-order chi connectivity index (χ1) is 15.3. The van der Waals surface area contributed by atoms with Crippen molar-refractivity contribution in [1.29, 1.82) is 0 Å². The maximum absolute atomic E-state index is 13.0. The molecule has 10 heteroatoms. The molecule has 176 valence electrons. The molecule has 3 rings (SSSR count). The minimum Gasteiger partial charge on any atom is -0.361 e. The molecule has 4 nitrogen and oxygen atoms in total. The summed E-state index contributed by atoms with van der Waals surface area (Å²) in [6.07, 6.45) is -8.99. The molecule has 1 heterocycles. The van der Waals surface area contributed by atoms with Crippen LogP contribution in [0.3, 0.4) is 0 Å². The number of rotatable bonds is 7. The van der Waals surface area contributed by atoms with Crippen molar-refractivity contribution in [2.75, 3.05) is 0 Å². The number of hydrogen-bond acceptors (Lipinski definition) is 2. The van der Waals surface area contributed by atoms with Crippen LogP contribution in [0.1, 0.15) is 48.1 Å². The quantitative estimate of drug-likeness (QED) is 0.418. The van der Waals surface area contributed by atoms with E-state index in [0.717, 1.165) is 10.9 Å². The van der Waals surface area contributed by atoms with E-state index in [4.69, 9.17) is 0 Å². The van der Waals surface area contributed by atoms with E-state index < -0.39 is 35.3 Å². The van der Waals surface area contributed by atoms with Crippen LogP contribution in [0.2, 0.25) is 0 Å². The number of alkyl halides is 6. The van der Waals surface area contributed by atoms with Gasteiger partial charge in [-0.25, -0.2) is 0 Å². The molecular formula is C23H20F6N2O2. The minimum atomic E-state index is -4.95. The second-order valence-electron chi connectivity index (χ2n) is 7.70. The van der Waals surface area contributed by atoms with E-state index >= 15 is 0 Å². The van der Waals surface area contributed by atoms with Crippen molar-refractivity contribution in [1.82, 2.24) is 10.3 Å². The number of carbonyl (C=O) groups is 2. The van der Waals surface area contributed by atoms with Crippen molar-refractivity contribution in [2.45, 2.75) is 44.6 Å². The first-order valence-electron chi connectivity index (χ1n) is 9.98. The molecule has 3 aromatic rings. The third-order valence-electron chi connectivity index (χ3n) is 5.15. The number of nitrogens with one attached hydrogen (secondary N) is 2. The lowest BCUT2D eigenvalue weighted by Gasteiger charge is -2.17. The summed E-state index contributed by atoms with van der Waals surface area (Å²) in [5.41, 5.74) is -1.63. The molecule has 1 aromatic heterocycles. The number of H-pyrrole nitrogens is 1. The van der Waals surface area contributed by atoms with Crippen molar-refractivity contribution < 1.29 is 35.9 Å². The number of fused-ring (bicyclic) bond motifs is 1. The molecule has 0 bridgehead atoms. The number of aromatic nitrogens is 1. The third-order valence-corrected chi connectivity index (χ3v) is 5.15. The Kier molecular flexibility index (Phi) is 6.85. The number of benzene rings is 2. The summed E-state index contributed by atoms with van der Waals surface area (Å²) in [7, 11) is 0. The lowest BCUT2D eigenvalue weighted by Crippen LogP contribution is -2.28. The summed E-state index contributed by atoms with van der Waals surface area (Å²) in [4.78, 5) is 27.3. The molecule has 0 saturated carbocycles. The van der Waals surface area contributed by atoms with E-state index in [1.54, 1.807) is 12.3 Å². The van der Waals surface area contributed by atoms with Gasteiger partial charge in [0.15, 0.2) is 0 Å². The van der Waals surface area contributed by atoms with Crippen LogP contribution in [0.4, 0.5) is 26.3 Å². The van der Waals surface area contributed by atoms with E-state index in [9.17, 15) is 35.9 Å². The molecule has 2 aromatic carbocycles. The molecular weight excluding hydrogens is 450 g/mol. The predicted molar refractivity (Wildman–Crippen MR) is 109 cm³/mol. The number of aromatic amines is 1. The van der Waals surface area contributed by atoms with E-state index in [0.29, 0.717) is 17.7 Å². The molecule has 1 unspecified atom stereocenters. The van der Waals surface area contributed by atoms with Crippen LogP contribution < -0.4 is 5.32 Å². The van der Waals surface area contributed by atoms with E-state index in [1.807, 2.05) is 18.2 Å². The first-order valence-corrected chi connectivity index (χ1v) is 9.98. The Morgan fingerprint density at radius 2 is 1.58 bits per heavy atom. The topological polar surface area (TPSA) is 62.0 Å². The fourth-order valence-corrected chi connectivity index (χ4v) is 3.64. The number of para-hydroxylation sites is 1. The Bertz CT molecular complexity index is 1130. The van der Waals surface area contributed by atoms with Crippen LogP contribution >= 0.6 is 0 Å². The van der Waals surface area contributed by atoms with Gasteiger partial charge in [0.2, 0.25) is 5.91 Å². The normalized spacial score (nSPS) is 13.2. The van der Waals surface area contributed by atoms with Crippen LogP contribution in [-0.2, 0) is 28.4 Å². The fourth-order valence-electron chi connectivity index (χ4n) is 3.64. The molecule has 0 aliphatic carbocycles. The maximum Gasteiger partial charge on any atom is 0.416 e. The monoisotopic (exact) mass is 470 g/mol. The number of halogens is 6. The van der Waals surface area contributed by atoms with Gasteiger partial charge in [0.1, 0.15) is 5.78 Å². The highest BCUT2D eigenvalue weighted by Gasteiger charge is 2.36. The molecule has 0 aliphatic rings. The minimum absolute atomic E-state index is 0.0507. The van der Waals surface area contributed by atoms with Gasteiger partial charge in [-0.1, -0.05) is 18.2 Å². The summed E-state index contributed by atoms with van der Waals surface area (Å²) in [6.45, 7) is 1.29. The van der Waals surface area contributed by atoms with Crippen LogP contribution in [0.25, 0.3) is 10.9 Å². The molecule has 0 spiro atoms. The molecule has 2 N–H and O–H groups in total. The van der Waals surface area contributed by atoms with Gasteiger partial charge in [-0.15, -0.1) is 0 Å². The highest BCUT2D eigenvalue weighted by molar-refractivity contribution is 5.87. The standard InChI is InChI=1S/C23H20F6N2O2/c1-13(32)31-21(19-12-30-20-5-3-2-4-18(19)20)11-17(33)7-6-14-8-15(22(24,25)26)10-16(9-14)23(27,28)29/h2-5,8-10,12,21,30H,6-7,11H2,1H3,(H,31,32). The lowest BCUT2D eigenvalue weighted by atomic mass is 9.96. The van der Waals surface area contributed by atoms with Crippen LogP contribution in [-0.4, -0.2) is 16.7 Å². The fraction of sp³-hybridized carbons (Fsp3) is 0.304. The number of ketones is 1. The predicted octanol–water partition coefficient (Wildman–Crippen LogP) is 5.97. The zero-order valence-corrected chi connectivity index (χ0v) is 17.4. The Morgan fingerprint density at radius 1 is 0.970 bits per heavy atom. The maximum atomic E-state index is 13.0. The molecule has 0 aliphatic heterocycles. The Labute approximate surface area is 185 Å². The van der Waals surface area contributed by atoms with E-state index in [-0.39, 0.29) is 36.8 Å². The molecule has 0 saturated heterocycles. The average molecular weight is 470 g/mol. The Balaban J connectivity index is 1.78. The van der Waals surface area contributed by atoms with Crippen molar-refractivity contribution >= 4 is 22.6 Å². The van der Waals surface area contributed by atoms with Crippen molar-refractivity contribution in [2.24, 2.45) is 0 Å². The lowest BCUT2D eigenvalue weighted by molar-refractivity contribution is -0.143. The van der Waals surface area contributed by atoms with E-state index in [1.165, 1.54) is 6.92 Å². The smallest absolute Gasteiger partial charge is 0.361 e. The number of hydrogen-bond donors (Lipinski definition) is 2. The first kappa shape index (κ1) is 24.3. The zero-order chi connectivity index (χ0) is 24.4. The number of aryl methyl sites for hydroxylation is 1. The number of amides is 1. The largest absolute Gasteiger partial charge is 0.416 e. The van der Waals surface area contributed by atoms with Crippen molar-refractivity contribution in [3.05, 3.63) is 70.9 Å². The Morgan fingerprint density at radius 3 is 2.15 bits per heavy atom. The number of Topliss-reactive ketones (excluding diaryl/α,β-unsaturated/α-hetero) is 1. The Hall–Kier alpha value is -3.30. The molecule has 1 amide bonds. The average Bonchev–Trinajstić information content (AvgIpc) is 3.14. The highest BCUT2D eigenvalue weighted by Crippen LogP contribution is 2.36. The summed E-state index contributed by atoms with van der Waals surface area (Å²) in [5, 5.41) is 3.47. The van der Waals surface area contributed by atoms with Gasteiger partial charge in [-0.2, -0.15) is 26.3 Å². The van der Waals surface area contributed by atoms with Crippen molar-refractivity contribution in [3.8, 4) is 0 Å². The van der Waals surface area contributed by atoms with Gasteiger partial charge < -0.3 is 10.3 Å². The van der Waals surface area contributed by atoms with E-state index in [2.05, 4.69) is 10.3 Å². The molecule has 1 atom stereocenters. The molecule has 33 heavy (non-hydrogen) atoms. The van der Waals surface area contributed by atoms with Gasteiger partial charge in [0, 0.05) is 42.4 Å². The van der Waals surface area contributed by atoms with Gasteiger partial charge >= 0.3 is 12.4 Å². The van der Waals surface area contributed by atoms with Gasteiger partial charge in [-0.3, -0.25) is 9.59 Å². The van der Waals surface area contributed by atoms with Crippen LogP contribution in [0.5, 0.6) is 0 Å². The highest BCUT2D eigenvalue weighted by atomic mass is 19.4. The van der Waals surface area contributed by atoms with Crippen LogP contribution in [0.15, 0.2) is 48.7 Å². The van der Waals surface area contributed by atoms with Gasteiger partial charge in [-0.05, 0) is 36.2 Å². The SMILES string of the molecule is CC(=O)NC(CC(=O)CCc1cc(C(F)(F)F)cc(C(F)(F)F)c1)c1c[nH]c2ccccc12. The summed E-state index contributed by atoms with van der Waals surface area (Å²) >= 11 is 0. The van der Waals surface area contributed by atoms with Crippen molar-refractivity contribution in [3.63, 3.8) is 0 Å². The summed E-state index contributed by atoms with van der Waals surface area (Å²) < 4.78 is 78.2. The van der Waals surface area contributed by atoms with Gasteiger partial charge in [0.25, 0.3) is 0 Å². The second-order valence-corrected chi connectivity index (χ2v) is 7.70. The molecule has 0 fully saturated rings. The third kappa shape index (κ3) is 6.15. The zero-order valence-electron chi connectivity index (χ0n) is 17.4. The number of carbonyl (C=O) groups excluding carboxylic acids is 2. The summed E-state index contributed by atoms with van der Waals surface area (Å²) in [5.74, 6) is -0.796. The van der Waals surface area contributed by atoms with Crippen LogP contribution in [0, 0.1) is 0 Å². The van der Waals surface area contributed by atoms with Gasteiger partial charge in [0.05, 0.1) is 17.2 Å².